The van der Waals surface area contributed by atoms with E-state index in [2.05, 4.69) is 15.2 Å². The number of aryl methyl sites for hydroxylation is 2. The molecule has 0 amide bonds. The fourth-order valence-corrected chi connectivity index (χ4v) is 4.09. The van der Waals surface area contributed by atoms with E-state index in [0.29, 0.717) is 11.3 Å². The molecule has 33 heavy (non-hydrogen) atoms. The van der Waals surface area contributed by atoms with E-state index in [0.717, 1.165) is 17.2 Å². The largest absolute Gasteiger partial charge is 0.478 e. The number of benzene rings is 3. The van der Waals surface area contributed by atoms with Crippen LogP contribution in [-0.2, 0) is 10.0 Å². The number of anilines is 2. The first-order valence-corrected chi connectivity index (χ1v) is 11.1. The lowest BCUT2D eigenvalue weighted by molar-refractivity contribution is -0.384. The number of carbonyl (C=O) groups is 1. The first-order valence-electron chi connectivity index (χ1n) is 9.58. The molecule has 3 rings (SSSR count). The van der Waals surface area contributed by atoms with Crippen molar-refractivity contribution in [3.05, 3.63) is 93.0 Å². The van der Waals surface area contributed by atoms with Gasteiger partial charge in [-0.05, 0) is 55.3 Å². The van der Waals surface area contributed by atoms with Crippen molar-refractivity contribution in [2.45, 2.75) is 18.7 Å². The van der Waals surface area contributed by atoms with Crippen molar-refractivity contribution >= 4 is 39.3 Å². The predicted octanol–water partition coefficient (Wildman–Crippen LogP) is 4.16. The second-order valence-corrected chi connectivity index (χ2v) is 8.84. The average molecular weight is 468 g/mol. The molecule has 0 aliphatic rings. The number of carboxylic acids is 1. The van der Waals surface area contributed by atoms with Gasteiger partial charge in [0, 0.05) is 6.07 Å². The van der Waals surface area contributed by atoms with Crippen molar-refractivity contribution in [3.8, 4) is 0 Å². The van der Waals surface area contributed by atoms with Crippen LogP contribution in [0, 0.1) is 24.0 Å². The number of nitrogens with zero attached hydrogens (tertiary/aromatic N) is 2. The summed E-state index contributed by atoms with van der Waals surface area (Å²) in [5.41, 5.74) is 4.78. The lowest BCUT2D eigenvalue weighted by Crippen LogP contribution is -2.14. The monoisotopic (exact) mass is 468 g/mol. The van der Waals surface area contributed by atoms with E-state index in [1.54, 1.807) is 19.1 Å². The van der Waals surface area contributed by atoms with Crippen molar-refractivity contribution in [2.24, 2.45) is 5.10 Å². The lowest BCUT2D eigenvalue weighted by atomic mass is 10.1. The Morgan fingerprint density at radius 3 is 2.30 bits per heavy atom. The summed E-state index contributed by atoms with van der Waals surface area (Å²) in [5.74, 6) is -1.06. The molecule has 3 aromatic carbocycles. The molecule has 0 aliphatic heterocycles. The maximum atomic E-state index is 12.8. The summed E-state index contributed by atoms with van der Waals surface area (Å²) in [5, 5.41) is 24.4. The Labute approximate surface area is 189 Å². The normalized spacial score (nSPS) is 11.3. The van der Waals surface area contributed by atoms with Crippen LogP contribution in [0.5, 0.6) is 0 Å². The molecule has 10 nitrogen and oxygen atoms in total. The highest BCUT2D eigenvalue weighted by atomic mass is 32.2. The molecule has 0 saturated heterocycles. The van der Waals surface area contributed by atoms with Gasteiger partial charge in [-0.15, -0.1) is 0 Å². The molecule has 3 N–H and O–H groups in total. The van der Waals surface area contributed by atoms with Crippen molar-refractivity contribution in [3.63, 3.8) is 0 Å². The summed E-state index contributed by atoms with van der Waals surface area (Å²) in [6.07, 6.45) is 1.35. The molecule has 0 saturated carbocycles. The van der Waals surface area contributed by atoms with Crippen LogP contribution in [0.15, 0.2) is 70.7 Å². The van der Waals surface area contributed by atoms with Crippen LogP contribution in [0.2, 0.25) is 0 Å². The van der Waals surface area contributed by atoms with Crippen LogP contribution in [0.25, 0.3) is 0 Å². The highest BCUT2D eigenvalue weighted by Crippen LogP contribution is 2.29. The first-order chi connectivity index (χ1) is 15.6. The molecule has 0 spiro atoms. The SMILES string of the molecule is Cc1ccc(NS(=O)(=O)c2ccc(NN=Cc3ccc(C(=O)O)cc3)c([N+](=O)[O-])c2)c(C)c1. The Kier molecular flexibility index (Phi) is 6.73. The van der Waals surface area contributed by atoms with Crippen LogP contribution < -0.4 is 10.1 Å². The van der Waals surface area contributed by atoms with Crippen LogP contribution >= 0.6 is 0 Å². The Morgan fingerprint density at radius 2 is 1.70 bits per heavy atom. The number of nitro benzene ring substituents is 1. The lowest BCUT2D eigenvalue weighted by Gasteiger charge is -2.12. The summed E-state index contributed by atoms with van der Waals surface area (Å²) in [6, 6.07) is 14.5. The van der Waals surface area contributed by atoms with Crippen LogP contribution in [0.1, 0.15) is 27.0 Å². The second kappa shape index (κ2) is 9.49. The van der Waals surface area contributed by atoms with E-state index in [1.165, 1.54) is 42.6 Å². The number of aromatic carboxylic acids is 1. The third-order valence-corrected chi connectivity index (χ3v) is 6.02. The van der Waals surface area contributed by atoms with Gasteiger partial charge in [-0.3, -0.25) is 20.3 Å². The molecule has 0 unspecified atom stereocenters. The highest BCUT2D eigenvalue weighted by Gasteiger charge is 2.22. The van der Waals surface area contributed by atoms with Gasteiger partial charge >= 0.3 is 5.97 Å². The van der Waals surface area contributed by atoms with Gasteiger partial charge < -0.3 is 5.11 Å². The molecule has 170 valence electrons. The standard InChI is InChI=1S/C22H20N4O6S/c1-14-3-9-19(15(2)11-14)25-33(31,32)18-8-10-20(21(12-18)26(29)30)24-23-13-16-4-6-17(7-5-16)22(27)28/h3-13,24-25H,1-2H3,(H,27,28). The third-order valence-electron chi connectivity index (χ3n) is 4.66. The summed E-state index contributed by atoms with van der Waals surface area (Å²) < 4.78 is 28.0. The topological polar surface area (TPSA) is 151 Å². The molecular weight excluding hydrogens is 448 g/mol. The molecule has 0 atom stereocenters. The molecule has 0 aliphatic carbocycles. The van der Waals surface area contributed by atoms with Crippen molar-refractivity contribution in [2.75, 3.05) is 10.1 Å². The maximum absolute atomic E-state index is 12.8. The predicted molar refractivity (Wildman–Crippen MR) is 124 cm³/mol. The van der Waals surface area contributed by atoms with Crippen LogP contribution in [-0.4, -0.2) is 30.6 Å². The number of hydrazone groups is 1. The number of hydrogen-bond acceptors (Lipinski definition) is 7. The summed E-state index contributed by atoms with van der Waals surface area (Å²) in [7, 11) is -4.06. The van der Waals surface area contributed by atoms with Gasteiger partial charge in [-0.25, -0.2) is 13.2 Å². The third kappa shape index (κ3) is 5.71. The van der Waals surface area contributed by atoms with Crippen molar-refractivity contribution in [1.29, 1.82) is 0 Å². The van der Waals surface area contributed by atoms with E-state index in [1.807, 2.05) is 13.0 Å². The van der Waals surface area contributed by atoms with Crippen molar-refractivity contribution < 1.29 is 23.2 Å². The van der Waals surface area contributed by atoms with E-state index in [9.17, 15) is 23.3 Å². The van der Waals surface area contributed by atoms with Gasteiger partial charge in [0.2, 0.25) is 0 Å². The first kappa shape index (κ1) is 23.4. The van der Waals surface area contributed by atoms with E-state index < -0.39 is 26.6 Å². The Bertz CT molecular complexity index is 1350. The molecule has 11 heteroatoms. The molecular formula is C22H20N4O6S. The van der Waals surface area contributed by atoms with Gasteiger partial charge in [0.1, 0.15) is 5.69 Å². The van der Waals surface area contributed by atoms with Gasteiger partial charge in [0.05, 0.1) is 27.3 Å². The summed E-state index contributed by atoms with van der Waals surface area (Å²) in [4.78, 5) is 21.4. The zero-order chi connectivity index (χ0) is 24.2. The smallest absolute Gasteiger partial charge is 0.335 e. The Hall–Kier alpha value is -4.25. The Morgan fingerprint density at radius 1 is 1.03 bits per heavy atom. The fourth-order valence-electron chi connectivity index (χ4n) is 2.94. The quantitative estimate of drug-likeness (QED) is 0.255. The van der Waals surface area contributed by atoms with E-state index in [-0.39, 0.29) is 16.1 Å². The number of nitrogens with one attached hydrogen (secondary N) is 2. The average Bonchev–Trinajstić information content (AvgIpc) is 2.76. The zero-order valence-electron chi connectivity index (χ0n) is 17.6. The molecule has 0 heterocycles. The minimum absolute atomic E-state index is 0.0103. The minimum atomic E-state index is -4.06. The minimum Gasteiger partial charge on any atom is -0.478 e. The van der Waals surface area contributed by atoms with Gasteiger partial charge in [-0.2, -0.15) is 5.10 Å². The van der Waals surface area contributed by atoms with Crippen LogP contribution in [0.3, 0.4) is 0 Å². The van der Waals surface area contributed by atoms with Crippen LogP contribution in [0.4, 0.5) is 17.1 Å². The van der Waals surface area contributed by atoms with Gasteiger partial charge in [-0.1, -0.05) is 29.8 Å². The molecule has 0 bridgehead atoms. The van der Waals surface area contributed by atoms with E-state index in [4.69, 9.17) is 5.11 Å². The molecule has 3 aromatic rings. The van der Waals surface area contributed by atoms with E-state index >= 15 is 0 Å². The Balaban J connectivity index is 1.82. The fraction of sp³-hybridized carbons (Fsp3) is 0.0909. The highest BCUT2D eigenvalue weighted by molar-refractivity contribution is 7.92. The number of sulfonamides is 1. The zero-order valence-corrected chi connectivity index (χ0v) is 18.5. The molecule has 0 aromatic heterocycles. The number of nitro groups is 1. The second-order valence-electron chi connectivity index (χ2n) is 7.16. The molecule has 0 fully saturated rings. The summed E-state index contributed by atoms with van der Waals surface area (Å²) >= 11 is 0. The van der Waals surface area contributed by atoms with Crippen molar-refractivity contribution in [1.82, 2.24) is 0 Å². The molecule has 0 radical (unpaired) electrons. The number of rotatable bonds is 8. The number of hydrogen-bond donors (Lipinski definition) is 3. The van der Waals surface area contributed by atoms with Gasteiger partial charge in [0.15, 0.2) is 0 Å². The maximum Gasteiger partial charge on any atom is 0.335 e. The number of carboxylic acid groups (broad SMARTS) is 1. The summed E-state index contributed by atoms with van der Waals surface area (Å²) in [6.45, 7) is 3.64. The van der Waals surface area contributed by atoms with Gasteiger partial charge in [0.25, 0.3) is 15.7 Å².